The molecule has 0 saturated heterocycles. The van der Waals surface area contributed by atoms with Crippen LogP contribution in [-0.4, -0.2) is 19.8 Å². The minimum atomic E-state index is 0.373. The van der Waals surface area contributed by atoms with Gasteiger partial charge in [-0.1, -0.05) is 20.3 Å². The zero-order valence-electron chi connectivity index (χ0n) is 17.8. The molecular weight excluding hydrogens is 318 g/mol. The van der Waals surface area contributed by atoms with Gasteiger partial charge in [0.15, 0.2) is 0 Å². The van der Waals surface area contributed by atoms with Crippen LogP contribution in [0.3, 0.4) is 0 Å². The highest BCUT2D eigenvalue weighted by molar-refractivity contribution is 5.07. The van der Waals surface area contributed by atoms with Gasteiger partial charge in [-0.15, -0.1) is 0 Å². The van der Waals surface area contributed by atoms with Gasteiger partial charge in [0.1, 0.15) is 0 Å². The van der Waals surface area contributed by atoms with Gasteiger partial charge in [-0.2, -0.15) is 0 Å². The fraction of sp³-hybridized carbons (Fsp3) is 1.00. The summed E-state index contributed by atoms with van der Waals surface area (Å²) in [5.41, 5.74) is 7.60. The van der Waals surface area contributed by atoms with Crippen molar-refractivity contribution in [1.82, 2.24) is 0 Å². The second-order valence-electron chi connectivity index (χ2n) is 11.3. The van der Waals surface area contributed by atoms with Crippen LogP contribution in [0.5, 0.6) is 0 Å². The summed E-state index contributed by atoms with van der Waals surface area (Å²) in [5, 5.41) is 0. The predicted molar refractivity (Wildman–Crippen MR) is 109 cm³/mol. The molecule has 0 radical (unpaired) electrons. The molecule has 2 N–H and O–H groups in total. The molecule has 0 heterocycles. The van der Waals surface area contributed by atoms with Crippen LogP contribution < -0.4 is 5.73 Å². The Hall–Kier alpha value is -0.0800. The Balaban J connectivity index is 1.54. The highest BCUT2D eigenvalue weighted by atomic mass is 16.5. The van der Waals surface area contributed by atoms with E-state index in [4.69, 9.17) is 10.5 Å². The molecule has 4 aliphatic rings. The van der Waals surface area contributed by atoms with Crippen LogP contribution in [0.15, 0.2) is 0 Å². The van der Waals surface area contributed by atoms with Gasteiger partial charge in [-0.05, 0) is 111 Å². The first-order chi connectivity index (χ1) is 12.4. The van der Waals surface area contributed by atoms with Crippen molar-refractivity contribution in [3.05, 3.63) is 0 Å². The number of hydrogen-bond acceptors (Lipinski definition) is 2. The quantitative estimate of drug-likeness (QED) is 0.705. The molecule has 2 heteroatoms. The Morgan fingerprint density at radius 2 is 1.69 bits per heavy atom. The summed E-state index contributed by atoms with van der Waals surface area (Å²) in [7, 11) is 1.88. The van der Waals surface area contributed by atoms with Crippen molar-refractivity contribution < 1.29 is 4.74 Å². The molecule has 9 atom stereocenters. The Bertz CT molecular complexity index is 504. The number of hydrogen-bond donors (Lipinski definition) is 1. The van der Waals surface area contributed by atoms with Crippen molar-refractivity contribution in [2.45, 2.75) is 91.0 Å². The first kappa shape index (κ1) is 19.2. The molecular formula is C24H43NO. The van der Waals surface area contributed by atoms with Crippen molar-refractivity contribution >= 4 is 0 Å². The standard InChI is InChI=1S/C24H43NO/c1-16(25)20-6-5-7-22-19-10-12-23(2)14-17(15-26-4)8-9-21(23)18(19)11-13-24(20,22)3/h16-22H,5-15,25H2,1-4H3/t16?,17-,18?,19+,20+,21+,22?,23+,24+/m0/s1. The van der Waals surface area contributed by atoms with E-state index in [-0.39, 0.29) is 0 Å². The molecule has 3 unspecified atom stereocenters. The van der Waals surface area contributed by atoms with Crippen LogP contribution in [-0.2, 0) is 4.74 Å². The fourth-order valence-electron chi connectivity index (χ4n) is 8.90. The molecule has 0 aromatic carbocycles. The van der Waals surface area contributed by atoms with E-state index in [1.807, 2.05) is 7.11 Å². The van der Waals surface area contributed by atoms with Crippen molar-refractivity contribution in [3.8, 4) is 0 Å². The molecule has 0 bridgehead atoms. The third-order valence-electron chi connectivity index (χ3n) is 9.95. The van der Waals surface area contributed by atoms with Gasteiger partial charge in [0.25, 0.3) is 0 Å². The van der Waals surface area contributed by atoms with E-state index in [0.717, 1.165) is 42.1 Å². The lowest BCUT2D eigenvalue weighted by molar-refractivity contribution is -0.138. The normalized spacial score (nSPS) is 52.5. The Labute approximate surface area is 162 Å². The average molecular weight is 362 g/mol. The van der Waals surface area contributed by atoms with Gasteiger partial charge < -0.3 is 10.5 Å². The maximum absolute atomic E-state index is 6.49. The van der Waals surface area contributed by atoms with Crippen molar-refractivity contribution in [2.75, 3.05) is 13.7 Å². The highest BCUT2D eigenvalue weighted by Crippen LogP contribution is 2.66. The first-order valence-corrected chi connectivity index (χ1v) is 11.6. The summed E-state index contributed by atoms with van der Waals surface area (Å²) in [6.07, 6.45) is 14.5. The van der Waals surface area contributed by atoms with Crippen LogP contribution in [0.25, 0.3) is 0 Å². The molecule has 26 heavy (non-hydrogen) atoms. The van der Waals surface area contributed by atoms with Crippen molar-refractivity contribution in [1.29, 1.82) is 0 Å². The van der Waals surface area contributed by atoms with Crippen molar-refractivity contribution in [2.24, 2.45) is 52.1 Å². The maximum atomic E-state index is 6.49. The summed E-state index contributed by atoms with van der Waals surface area (Å²) < 4.78 is 5.52. The zero-order chi connectivity index (χ0) is 18.5. The number of rotatable bonds is 3. The third-order valence-corrected chi connectivity index (χ3v) is 9.95. The Kier molecular flexibility index (Phi) is 5.23. The second kappa shape index (κ2) is 7.07. The SMILES string of the molecule is COC[C@H]1CC[C@@H]2C3CC[C@@]4(C)C(CCC[C@@H]4C(C)N)[C@@H]3CC[C@]2(C)C1. The molecule has 0 amide bonds. The Morgan fingerprint density at radius 1 is 0.962 bits per heavy atom. The monoisotopic (exact) mass is 361 g/mol. The molecule has 150 valence electrons. The molecule has 4 aliphatic carbocycles. The van der Waals surface area contributed by atoms with Gasteiger partial charge in [-0.3, -0.25) is 0 Å². The van der Waals surface area contributed by atoms with Gasteiger partial charge in [-0.25, -0.2) is 0 Å². The minimum absolute atomic E-state index is 0.373. The summed E-state index contributed by atoms with van der Waals surface area (Å²) in [4.78, 5) is 0. The lowest BCUT2D eigenvalue weighted by Crippen LogP contribution is -2.57. The molecule has 4 fully saturated rings. The number of methoxy groups -OCH3 is 1. The summed E-state index contributed by atoms with van der Waals surface area (Å²) in [6.45, 7) is 8.52. The van der Waals surface area contributed by atoms with Gasteiger partial charge in [0.2, 0.25) is 0 Å². The van der Waals surface area contributed by atoms with Crippen LogP contribution in [0.1, 0.15) is 85.0 Å². The summed E-state index contributed by atoms with van der Waals surface area (Å²) >= 11 is 0. The van der Waals surface area contributed by atoms with Crippen LogP contribution in [0.4, 0.5) is 0 Å². The molecule has 4 rings (SSSR count). The molecule has 0 aromatic heterocycles. The second-order valence-corrected chi connectivity index (χ2v) is 11.3. The predicted octanol–water partition coefficient (Wildman–Crippen LogP) is 5.65. The topological polar surface area (TPSA) is 35.2 Å². The number of nitrogens with two attached hydrogens (primary N) is 1. The van der Waals surface area contributed by atoms with E-state index in [1.165, 1.54) is 64.2 Å². The molecule has 0 aromatic rings. The fourth-order valence-corrected chi connectivity index (χ4v) is 8.90. The lowest BCUT2D eigenvalue weighted by Gasteiger charge is -2.63. The van der Waals surface area contributed by atoms with Crippen molar-refractivity contribution in [3.63, 3.8) is 0 Å². The molecule has 4 saturated carbocycles. The van der Waals surface area contributed by atoms with Gasteiger partial charge >= 0.3 is 0 Å². The number of fused-ring (bicyclic) bond motifs is 5. The highest BCUT2D eigenvalue weighted by Gasteiger charge is 2.58. The zero-order valence-corrected chi connectivity index (χ0v) is 17.8. The van der Waals surface area contributed by atoms with E-state index >= 15 is 0 Å². The Morgan fingerprint density at radius 3 is 2.42 bits per heavy atom. The van der Waals surface area contributed by atoms with E-state index < -0.39 is 0 Å². The summed E-state index contributed by atoms with van der Waals surface area (Å²) in [5.74, 6) is 5.49. The number of ether oxygens (including phenoxy) is 1. The molecule has 0 spiro atoms. The lowest BCUT2D eigenvalue weighted by atomic mass is 9.42. The van der Waals surface area contributed by atoms with Crippen LogP contribution in [0, 0.1) is 46.3 Å². The van der Waals surface area contributed by atoms with Gasteiger partial charge in [0.05, 0.1) is 0 Å². The third kappa shape index (κ3) is 2.98. The molecule has 0 aliphatic heterocycles. The van der Waals surface area contributed by atoms with E-state index in [1.54, 1.807) is 0 Å². The maximum Gasteiger partial charge on any atom is 0.0490 e. The van der Waals surface area contributed by atoms with E-state index in [2.05, 4.69) is 20.8 Å². The molecule has 2 nitrogen and oxygen atoms in total. The smallest absolute Gasteiger partial charge is 0.0490 e. The minimum Gasteiger partial charge on any atom is -0.384 e. The van der Waals surface area contributed by atoms with Gasteiger partial charge in [0, 0.05) is 19.8 Å². The first-order valence-electron chi connectivity index (χ1n) is 11.6. The van der Waals surface area contributed by atoms with Crippen LogP contribution >= 0.6 is 0 Å². The van der Waals surface area contributed by atoms with E-state index in [9.17, 15) is 0 Å². The largest absolute Gasteiger partial charge is 0.384 e. The van der Waals surface area contributed by atoms with Crippen LogP contribution in [0.2, 0.25) is 0 Å². The van der Waals surface area contributed by atoms with E-state index in [0.29, 0.717) is 16.9 Å². The summed E-state index contributed by atoms with van der Waals surface area (Å²) in [6, 6.07) is 0.373. The average Bonchev–Trinajstić information content (AvgIpc) is 2.59.